The minimum absolute atomic E-state index is 0.0204. The molecule has 1 fully saturated rings. The molecule has 0 spiro atoms. The third-order valence-electron chi connectivity index (χ3n) is 3.18. The summed E-state index contributed by atoms with van der Waals surface area (Å²) in [6.07, 6.45) is 0. The van der Waals surface area contributed by atoms with Gasteiger partial charge in [-0.2, -0.15) is 0 Å². The van der Waals surface area contributed by atoms with E-state index in [0.717, 1.165) is 0 Å². The molecular weight excluding hydrogens is 263 g/mol. The first kappa shape index (κ1) is 12.3. The van der Waals surface area contributed by atoms with Gasteiger partial charge in [0.2, 0.25) is 0 Å². The lowest BCUT2D eigenvalue weighted by Gasteiger charge is -2.49. The van der Waals surface area contributed by atoms with Crippen LogP contribution in [-0.4, -0.2) is 31.4 Å². The molecule has 0 N–H and O–H groups in total. The van der Waals surface area contributed by atoms with E-state index in [2.05, 4.69) is 26.2 Å². The molecule has 6 heteroatoms. The molecule has 1 nitrogen and oxygen atoms in total. The molecule has 1 saturated heterocycles. The topological polar surface area (TPSA) is 9.23 Å². The molecule has 0 aromatic heterocycles. The summed E-state index contributed by atoms with van der Waals surface area (Å²) in [5.41, 5.74) is -0.411. The number of halogens is 3. The SMILES string of the molecule is C[Si]1(C)OC(Cl)C(Cl)C(Cl)[Si]1(C)C. The Morgan fingerprint density at radius 1 is 1.00 bits per heavy atom. The maximum absolute atomic E-state index is 6.34. The van der Waals surface area contributed by atoms with Crippen molar-refractivity contribution in [1.82, 2.24) is 0 Å². The fourth-order valence-electron chi connectivity index (χ4n) is 1.36. The fourth-order valence-corrected chi connectivity index (χ4v) is 13.0. The van der Waals surface area contributed by atoms with Gasteiger partial charge in [-0.1, -0.05) is 24.7 Å². The summed E-state index contributed by atoms with van der Waals surface area (Å²) in [7, 11) is -3.26. The molecule has 1 heterocycles. The second-order valence-corrected chi connectivity index (χ2v) is 21.1. The third kappa shape index (κ3) is 1.97. The Kier molecular flexibility index (Phi) is 3.50. The maximum atomic E-state index is 6.34. The van der Waals surface area contributed by atoms with Crippen LogP contribution in [-0.2, 0) is 4.43 Å². The van der Waals surface area contributed by atoms with Gasteiger partial charge in [0, 0.05) is 5.00 Å². The van der Waals surface area contributed by atoms with E-state index in [1.54, 1.807) is 0 Å². The van der Waals surface area contributed by atoms with Gasteiger partial charge >= 0.3 is 0 Å². The summed E-state index contributed by atoms with van der Waals surface area (Å²) < 4.78 is 5.82. The summed E-state index contributed by atoms with van der Waals surface area (Å²) in [5, 5.41) is -0.224. The highest BCUT2D eigenvalue weighted by molar-refractivity contribution is 7.40. The van der Waals surface area contributed by atoms with Crippen LogP contribution in [0, 0.1) is 0 Å². The van der Waals surface area contributed by atoms with Crippen molar-refractivity contribution in [3.05, 3.63) is 0 Å². The summed E-state index contributed by atoms with van der Waals surface area (Å²) in [6, 6.07) is 0. The standard InChI is InChI=1S/C7H15Cl3OSi2/c1-12(2)7(10)5(8)6(9)11-13(12,3)4/h5-7H,1-4H3. The molecule has 0 amide bonds. The van der Waals surface area contributed by atoms with E-state index in [9.17, 15) is 0 Å². The van der Waals surface area contributed by atoms with Crippen molar-refractivity contribution in [2.24, 2.45) is 0 Å². The van der Waals surface area contributed by atoms with Crippen molar-refractivity contribution in [3.63, 3.8) is 0 Å². The molecule has 0 saturated carbocycles. The van der Waals surface area contributed by atoms with E-state index >= 15 is 0 Å². The van der Waals surface area contributed by atoms with Gasteiger partial charge in [-0.25, -0.2) is 0 Å². The predicted molar refractivity (Wildman–Crippen MR) is 65.0 cm³/mol. The van der Waals surface area contributed by atoms with Gasteiger partial charge in [-0.3, -0.25) is 0 Å². The zero-order valence-corrected chi connectivity index (χ0v) is 12.5. The van der Waals surface area contributed by atoms with Gasteiger partial charge in [0.25, 0.3) is 0 Å². The van der Waals surface area contributed by atoms with E-state index < -0.39 is 21.0 Å². The molecule has 0 radical (unpaired) electrons. The monoisotopic (exact) mass is 276 g/mol. The minimum Gasteiger partial charge on any atom is -0.403 e. The smallest absolute Gasteiger partial charge is 0.177 e. The molecule has 3 atom stereocenters. The molecule has 0 aromatic carbocycles. The summed E-state index contributed by atoms with van der Waals surface area (Å²) in [4.78, 5) is 0. The third-order valence-corrected chi connectivity index (χ3v) is 23.4. The number of hydrogen-bond acceptors (Lipinski definition) is 1. The highest BCUT2D eigenvalue weighted by Gasteiger charge is 2.56. The van der Waals surface area contributed by atoms with Gasteiger partial charge in [0.05, 0.1) is 13.0 Å². The Labute approximate surface area is 96.6 Å². The first-order chi connectivity index (χ1) is 5.70. The van der Waals surface area contributed by atoms with Crippen molar-refractivity contribution in [3.8, 4) is 0 Å². The van der Waals surface area contributed by atoms with Crippen LogP contribution >= 0.6 is 34.8 Å². The first-order valence-electron chi connectivity index (χ1n) is 4.30. The summed E-state index contributed by atoms with van der Waals surface area (Å²) in [6.45, 7) is 8.86. The second-order valence-electron chi connectivity index (χ2n) is 4.55. The Morgan fingerprint density at radius 3 is 1.92 bits per heavy atom. The van der Waals surface area contributed by atoms with Crippen LogP contribution in [0.5, 0.6) is 0 Å². The highest BCUT2D eigenvalue weighted by Crippen LogP contribution is 2.39. The zero-order chi connectivity index (χ0) is 10.4. The van der Waals surface area contributed by atoms with Crippen molar-refractivity contribution in [1.29, 1.82) is 0 Å². The fraction of sp³-hybridized carbons (Fsp3) is 1.00. The van der Waals surface area contributed by atoms with Gasteiger partial charge < -0.3 is 4.43 Å². The van der Waals surface area contributed by atoms with Crippen molar-refractivity contribution in [2.75, 3.05) is 0 Å². The van der Waals surface area contributed by atoms with Crippen molar-refractivity contribution in [2.45, 2.75) is 42.1 Å². The molecule has 3 unspecified atom stereocenters. The lowest BCUT2D eigenvalue weighted by Crippen LogP contribution is -2.70. The predicted octanol–water partition coefficient (Wildman–Crippen LogP) is 3.33. The lowest BCUT2D eigenvalue weighted by molar-refractivity contribution is 0.267. The average molecular weight is 278 g/mol. The molecule has 78 valence electrons. The number of alkyl halides is 3. The van der Waals surface area contributed by atoms with Crippen molar-refractivity contribution < 1.29 is 4.43 Å². The molecular formula is C7H15Cl3OSi2. The van der Waals surface area contributed by atoms with Crippen LogP contribution in [0.4, 0.5) is 0 Å². The van der Waals surface area contributed by atoms with Crippen LogP contribution in [0.15, 0.2) is 0 Å². The molecule has 1 rings (SSSR count). The van der Waals surface area contributed by atoms with E-state index in [1.807, 2.05) is 0 Å². The second kappa shape index (κ2) is 3.69. The van der Waals surface area contributed by atoms with Gasteiger partial charge in [0.1, 0.15) is 5.56 Å². The molecule has 0 bridgehead atoms. The van der Waals surface area contributed by atoms with Crippen LogP contribution in [0.1, 0.15) is 0 Å². The van der Waals surface area contributed by atoms with Crippen LogP contribution in [0.3, 0.4) is 0 Å². The van der Waals surface area contributed by atoms with Crippen LogP contribution in [0.25, 0.3) is 0 Å². The minimum atomic E-state index is -1.70. The van der Waals surface area contributed by atoms with E-state index in [4.69, 9.17) is 39.2 Å². The number of hydrogen-bond donors (Lipinski definition) is 0. The quantitative estimate of drug-likeness (QED) is 0.487. The summed E-state index contributed by atoms with van der Waals surface area (Å²) in [5.74, 6) is 0. The largest absolute Gasteiger partial charge is 0.403 e. The van der Waals surface area contributed by atoms with Crippen LogP contribution in [0.2, 0.25) is 26.2 Å². The molecule has 0 aliphatic carbocycles. The lowest BCUT2D eigenvalue weighted by atomic mass is 10.5. The van der Waals surface area contributed by atoms with Crippen LogP contribution < -0.4 is 0 Å². The zero-order valence-electron chi connectivity index (χ0n) is 8.27. The number of rotatable bonds is 0. The Balaban J connectivity index is 2.96. The van der Waals surface area contributed by atoms with E-state index in [0.29, 0.717) is 0 Å². The molecule has 1 aliphatic rings. The van der Waals surface area contributed by atoms with Gasteiger partial charge in [-0.05, 0) is 13.1 Å². The van der Waals surface area contributed by atoms with Gasteiger partial charge in [-0.15, -0.1) is 23.2 Å². The molecule has 0 aromatic rings. The van der Waals surface area contributed by atoms with Gasteiger partial charge in [0.15, 0.2) is 7.83 Å². The van der Waals surface area contributed by atoms with E-state index in [1.165, 1.54) is 0 Å². The maximum Gasteiger partial charge on any atom is 0.177 e. The average Bonchev–Trinajstić information content (AvgIpc) is 1.98. The highest BCUT2D eigenvalue weighted by atomic mass is 35.5. The normalized spacial score (nSPS) is 43.2. The van der Waals surface area contributed by atoms with E-state index in [-0.39, 0.29) is 10.4 Å². The first-order valence-corrected chi connectivity index (χ1v) is 12.6. The molecule has 13 heavy (non-hydrogen) atoms. The Morgan fingerprint density at radius 2 is 1.46 bits per heavy atom. The molecule has 1 aliphatic heterocycles. The Bertz CT molecular complexity index is 210. The van der Waals surface area contributed by atoms with Crippen molar-refractivity contribution >= 4 is 50.2 Å². The Hall–Kier alpha value is 1.26. The summed E-state index contributed by atoms with van der Waals surface area (Å²) >= 11 is 18.4.